The Balaban J connectivity index is 2.03. The zero-order chi connectivity index (χ0) is 16.6. The average Bonchev–Trinajstić information content (AvgIpc) is 2.52. The van der Waals surface area contributed by atoms with E-state index in [1.54, 1.807) is 0 Å². The molecule has 120 valence electrons. The van der Waals surface area contributed by atoms with Gasteiger partial charge in [0.05, 0.1) is 11.3 Å². The van der Waals surface area contributed by atoms with Crippen LogP contribution in [-0.2, 0) is 6.42 Å². The Morgan fingerprint density at radius 2 is 2.09 bits per heavy atom. The topological polar surface area (TPSA) is 112 Å². The summed E-state index contributed by atoms with van der Waals surface area (Å²) < 4.78 is 5.97. The van der Waals surface area contributed by atoms with E-state index in [0.717, 1.165) is 12.0 Å². The van der Waals surface area contributed by atoms with Crippen LogP contribution in [0.3, 0.4) is 0 Å². The molecule has 0 saturated heterocycles. The highest BCUT2D eigenvalue weighted by Gasteiger charge is 2.40. The van der Waals surface area contributed by atoms with E-state index < -0.39 is 0 Å². The zero-order valence-electron chi connectivity index (χ0n) is 12.9. The fraction of sp³-hybridized carbons (Fsp3) is 0.412. The number of benzene rings is 1. The smallest absolute Gasteiger partial charge is 0.161 e. The Morgan fingerprint density at radius 1 is 1.35 bits per heavy atom. The lowest BCUT2D eigenvalue weighted by Crippen LogP contribution is -2.43. The number of phenolic OH excluding ortho intramolecular Hbond substituents is 2. The Bertz CT molecular complexity index is 746. The molecule has 0 aromatic heterocycles. The number of hydrogen-bond acceptors (Lipinski definition) is 6. The van der Waals surface area contributed by atoms with E-state index in [1.165, 1.54) is 12.1 Å². The molecule has 1 aromatic rings. The number of aliphatic imine (C=N–C) groups is 1. The molecule has 1 aliphatic carbocycles. The number of allylic oxidation sites excluding steroid dienone is 1. The Hall–Kier alpha value is -2.68. The van der Waals surface area contributed by atoms with E-state index in [2.05, 4.69) is 11.1 Å². The van der Waals surface area contributed by atoms with E-state index >= 15 is 0 Å². The summed E-state index contributed by atoms with van der Waals surface area (Å²) in [4.78, 5) is 4.57. The van der Waals surface area contributed by atoms with Gasteiger partial charge in [-0.3, -0.25) is 4.99 Å². The fourth-order valence-electron chi connectivity index (χ4n) is 3.17. The molecular formula is C17H19N3O3. The summed E-state index contributed by atoms with van der Waals surface area (Å²) in [6.07, 6.45) is 1.72. The third kappa shape index (κ3) is 2.59. The van der Waals surface area contributed by atoms with Crippen LogP contribution in [0.5, 0.6) is 17.2 Å². The first kappa shape index (κ1) is 15.2. The third-order valence-electron chi connectivity index (χ3n) is 4.29. The van der Waals surface area contributed by atoms with Gasteiger partial charge in [-0.05, 0) is 24.5 Å². The standard InChI is InChI=1S/C17H19N3O3/c1-2-3-20-17-10-4-9-5-13(21)14(22)7-15(9)23-16(10)6-12(19)11(17)8-18/h5,7,10,16,21-22H,2-4,6,19H2,1H3. The molecule has 4 N–H and O–H groups in total. The summed E-state index contributed by atoms with van der Waals surface area (Å²) >= 11 is 0. The molecule has 6 heteroatoms. The minimum Gasteiger partial charge on any atom is -0.504 e. The van der Waals surface area contributed by atoms with E-state index in [9.17, 15) is 15.5 Å². The predicted octanol–water partition coefficient (Wildman–Crippen LogP) is 2.01. The lowest BCUT2D eigenvalue weighted by Gasteiger charge is -2.37. The molecule has 6 nitrogen and oxygen atoms in total. The van der Waals surface area contributed by atoms with Gasteiger partial charge in [0.2, 0.25) is 0 Å². The monoisotopic (exact) mass is 313 g/mol. The van der Waals surface area contributed by atoms with Crippen LogP contribution < -0.4 is 10.5 Å². The van der Waals surface area contributed by atoms with Crippen LogP contribution in [0.4, 0.5) is 0 Å². The quantitative estimate of drug-likeness (QED) is 0.723. The molecule has 0 spiro atoms. The molecule has 0 saturated carbocycles. The van der Waals surface area contributed by atoms with E-state index in [4.69, 9.17) is 10.5 Å². The molecule has 0 fully saturated rings. The van der Waals surface area contributed by atoms with E-state index in [1.807, 2.05) is 6.92 Å². The Morgan fingerprint density at radius 3 is 2.78 bits per heavy atom. The minimum atomic E-state index is -0.209. The maximum absolute atomic E-state index is 9.70. The number of aromatic hydroxyl groups is 2. The van der Waals surface area contributed by atoms with Gasteiger partial charge in [0.25, 0.3) is 0 Å². The maximum atomic E-state index is 9.70. The lowest BCUT2D eigenvalue weighted by atomic mass is 9.77. The second-order valence-corrected chi connectivity index (χ2v) is 5.90. The summed E-state index contributed by atoms with van der Waals surface area (Å²) in [6, 6.07) is 5.10. The molecule has 0 radical (unpaired) electrons. The highest BCUT2D eigenvalue weighted by atomic mass is 16.5. The van der Waals surface area contributed by atoms with Crippen molar-refractivity contribution in [1.82, 2.24) is 0 Å². The van der Waals surface area contributed by atoms with Crippen LogP contribution in [0, 0.1) is 17.2 Å². The van der Waals surface area contributed by atoms with E-state index in [-0.39, 0.29) is 23.5 Å². The van der Waals surface area contributed by atoms with Gasteiger partial charge in [-0.25, -0.2) is 0 Å². The molecule has 0 bridgehead atoms. The number of rotatable bonds is 2. The molecule has 3 rings (SSSR count). The van der Waals surface area contributed by atoms with Gasteiger partial charge >= 0.3 is 0 Å². The number of fused-ring (bicyclic) bond motifs is 2. The maximum Gasteiger partial charge on any atom is 0.161 e. The SMILES string of the molecule is CCCN=C1C(C#N)=C(N)CC2Oc3cc(O)c(O)cc3CC12. The van der Waals surface area contributed by atoms with Crippen LogP contribution in [0.2, 0.25) is 0 Å². The van der Waals surface area contributed by atoms with Crippen molar-refractivity contribution < 1.29 is 14.9 Å². The van der Waals surface area contributed by atoms with Gasteiger partial charge in [0.15, 0.2) is 11.5 Å². The number of ether oxygens (including phenoxy) is 1. The summed E-state index contributed by atoms with van der Waals surface area (Å²) in [7, 11) is 0. The largest absolute Gasteiger partial charge is 0.504 e. The summed E-state index contributed by atoms with van der Waals surface area (Å²) in [5, 5.41) is 28.8. The number of nitrogens with two attached hydrogens (primary N) is 1. The Labute approximate surface area is 134 Å². The second-order valence-electron chi connectivity index (χ2n) is 5.90. The first-order valence-corrected chi connectivity index (χ1v) is 7.70. The molecule has 1 aliphatic heterocycles. The van der Waals surface area contributed by atoms with Crippen LogP contribution >= 0.6 is 0 Å². The normalized spacial score (nSPS) is 24.6. The summed E-state index contributed by atoms with van der Waals surface area (Å²) in [5.74, 6) is 0.0906. The van der Waals surface area contributed by atoms with Gasteiger partial charge in [0.1, 0.15) is 17.9 Å². The molecule has 0 amide bonds. The first-order chi connectivity index (χ1) is 11.0. The van der Waals surface area contributed by atoms with Gasteiger partial charge in [-0.1, -0.05) is 6.92 Å². The molecule has 1 heterocycles. The number of nitriles is 1. The molecule has 2 aliphatic rings. The lowest BCUT2D eigenvalue weighted by molar-refractivity contribution is 0.140. The first-order valence-electron chi connectivity index (χ1n) is 7.70. The molecule has 1 aromatic carbocycles. The molecule has 2 atom stereocenters. The number of nitrogens with zero attached hydrogens (tertiary/aromatic N) is 2. The van der Waals surface area contributed by atoms with Crippen LogP contribution in [0.1, 0.15) is 25.3 Å². The highest BCUT2D eigenvalue weighted by molar-refractivity contribution is 6.07. The fourth-order valence-corrected chi connectivity index (χ4v) is 3.17. The summed E-state index contributed by atoms with van der Waals surface area (Å²) in [5.41, 5.74) is 8.48. The Kier molecular flexibility index (Phi) is 3.87. The van der Waals surface area contributed by atoms with Gasteiger partial charge < -0.3 is 20.7 Å². The minimum absolute atomic E-state index is 0.0695. The molecular weight excluding hydrogens is 294 g/mol. The highest BCUT2D eigenvalue weighted by Crippen LogP contribution is 2.42. The number of phenols is 2. The summed E-state index contributed by atoms with van der Waals surface area (Å²) in [6.45, 7) is 2.65. The zero-order valence-corrected chi connectivity index (χ0v) is 12.9. The van der Waals surface area contributed by atoms with Crippen molar-refractivity contribution in [1.29, 1.82) is 5.26 Å². The van der Waals surface area contributed by atoms with Gasteiger partial charge in [-0.15, -0.1) is 0 Å². The van der Waals surface area contributed by atoms with Crippen molar-refractivity contribution >= 4 is 5.71 Å². The van der Waals surface area contributed by atoms with Crippen molar-refractivity contribution in [3.8, 4) is 23.3 Å². The van der Waals surface area contributed by atoms with Crippen molar-refractivity contribution in [3.63, 3.8) is 0 Å². The molecule has 23 heavy (non-hydrogen) atoms. The van der Waals surface area contributed by atoms with Crippen molar-refractivity contribution in [2.45, 2.75) is 32.3 Å². The van der Waals surface area contributed by atoms with Crippen molar-refractivity contribution in [3.05, 3.63) is 29.0 Å². The van der Waals surface area contributed by atoms with Crippen molar-refractivity contribution in [2.75, 3.05) is 6.54 Å². The number of hydrogen-bond donors (Lipinski definition) is 3. The molecule has 2 unspecified atom stereocenters. The average molecular weight is 313 g/mol. The second kappa shape index (κ2) is 5.84. The van der Waals surface area contributed by atoms with Crippen LogP contribution in [0.25, 0.3) is 0 Å². The third-order valence-corrected chi connectivity index (χ3v) is 4.29. The predicted molar refractivity (Wildman–Crippen MR) is 85.4 cm³/mol. The van der Waals surface area contributed by atoms with E-state index in [0.29, 0.717) is 42.1 Å². The van der Waals surface area contributed by atoms with Crippen LogP contribution in [-0.4, -0.2) is 28.6 Å². The van der Waals surface area contributed by atoms with Crippen LogP contribution in [0.15, 0.2) is 28.4 Å². The van der Waals surface area contributed by atoms with Gasteiger partial charge in [-0.2, -0.15) is 5.26 Å². The van der Waals surface area contributed by atoms with Crippen molar-refractivity contribution in [2.24, 2.45) is 16.6 Å². The van der Waals surface area contributed by atoms with Gasteiger partial charge in [0, 0.05) is 30.6 Å².